The molecule has 0 bridgehead atoms. The zero-order valence-electron chi connectivity index (χ0n) is 10.8. The highest BCUT2D eigenvalue weighted by molar-refractivity contribution is 14.1. The van der Waals surface area contributed by atoms with Crippen molar-refractivity contribution in [2.45, 2.75) is 13.0 Å². The lowest BCUT2D eigenvalue weighted by Crippen LogP contribution is -2.06. The number of hydrogen-bond acceptors (Lipinski definition) is 3. The van der Waals surface area contributed by atoms with Gasteiger partial charge in [-0.1, -0.05) is 0 Å². The fourth-order valence-corrected chi connectivity index (χ4v) is 2.72. The first-order valence-electron chi connectivity index (χ1n) is 6.17. The van der Waals surface area contributed by atoms with Crippen LogP contribution in [-0.4, -0.2) is 36.5 Å². The Morgan fingerprint density at radius 1 is 1.32 bits per heavy atom. The molecule has 1 heterocycles. The van der Waals surface area contributed by atoms with Gasteiger partial charge in [-0.05, 0) is 59.4 Å². The summed E-state index contributed by atoms with van der Waals surface area (Å²) in [5, 5.41) is 0. The molecule has 6 heteroatoms. The van der Waals surface area contributed by atoms with Gasteiger partial charge in [0.05, 0.1) is 24.2 Å². The second-order valence-electron chi connectivity index (χ2n) is 4.20. The van der Waals surface area contributed by atoms with Gasteiger partial charge in [0.1, 0.15) is 0 Å². The van der Waals surface area contributed by atoms with E-state index in [2.05, 4.69) is 50.3 Å². The predicted molar refractivity (Wildman–Crippen MR) is 87.2 cm³/mol. The maximum Gasteiger partial charge on any atom is 0.178 e. The van der Waals surface area contributed by atoms with Gasteiger partial charge in [-0.3, -0.25) is 0 Å². The van der Waals surface area contributed by atoms with E-state index in [0.717, 1.165) is 35.4 Å². The van der Waals surface area contributed by atoms with Crippen LogP contribution in [0.3, 0.4) is 0 Å². The zero-order valence-corrected chi connectivity index (χ0v) is 13.8. The van der Waals surface area contributed by atoms with Gasteiger partial charge in [-0.25, -0.2) is 0 Å². The lowest BCUT2D eigenvalue weighted by Gasteiger charge is -2.06. The summed E-state index contributed by atoms with van der Waals surface area (Å²) >= 11 is 7.66. The van der Waals surface area contributed by atoms with Crippen molar-refractivity contribution in [3.8, 4) is 0 Å². The van der Waals surface area contributed by atoms with Crippen LogP contribution in [0.25, 0.3) is 11.0 Å². The summed E-state index contributed by atoms with van der Waals surface area (Å²) in [6.45, 7) is 2.88. The van der Waals surface area contributed by atoms with Gasteiger partial charge < -0.3 is 19.0 Å². The molecule has 0 saturated heterocycles. The van der Waals surface area contributed by atoms with E-state index in [0.29, 0.717) is 13.2 Å². The molecule has 104 valence electrons. The first-order chi connectivity index (χ1) is 9.22. The normalized spacial score (nSPS) is 11.3. The van der Waals surface area contributed by atoms with E-state index < -0.39 is 0 Å². The molecule has 0 spiro atoms. The number of aromatic amines is 1. The topological polar surface area (TPSA) is 39.2 Å². The largest absolute Gasteiger partial charge is 0.382 e. The molecular weight excluding hydrogens is 375 g/mol. The molecule has 1 N–H and O–H groups in total. The van der Waals surface area contributed by atoms with Gasteiger partial charge in [0.2, 0.25) is 0 Å². The van der Waals surface area contributed by atoms with Crippen molar-refractivity contribution in [3.63, 3.8) is 0 Å². The Hall–Kier alpha value is -0.440. The number of nitrogens with zero attached hydrogens (tertiary/aromatic N) is 1. The van der Waals surface area contributed by atoms with E-state index in [1.807, 2.05) is 0 Å². The monoisotopic (exact) mass is 392 g/mol. The average molecular weight is 392 g/mol. The number of ether oxygens (including phenoxy) is 2. The summed E-state index contributed by atoms with van der Waals surface area (Å²) in [6, 6.07) is 6.31. The first kappa shape index (κ1) is 15.0. The minimum absolute atomic E-state index is 0.644. The van der Waals surface area contributed by atoms with Gasteiger partial charge in [-0.2, -0.15) is 0 Å². The summed E-state index contributed by atoms with van der Waals surface area (Å²) in [5.41, 5.74) is 2.25. The number of H-pyrrole nitrogens is 1. The summed E-state index contributed by atoms with van der Waals surface area (Å²) in [6.07, 6.45) is 0.941. The highest BCUT2D eigenvalue weighted by Crippen LogP contribution is 2.17. The molecule has 0 aliphatic rings. The second-order valence-corrected chi connectivity index (χ2v) is 5.83. The molecule has 0 atom stereocenters. The highest BCUT2D eigenvalue weighted by atomic mass is 127. The SMILES string of the molecule is COCCOCCCn1c(=S)[nH]c2cc(I)ccc21. The number of imidazole rings is 1. The van der Waals surface area contributed by atoms with Crippen molar-refractivity contribution in [1.29, 1.82) is 0 Å². The Balaban J connectivity index is 1.97. The lowest BCUT2D eigenvalue weighted by atomic mass is 10.3. The van der Waals surface area contributed by atoms with E-state index in [4.69, 9.17) is 21.7 Å². The molecule has 0 unspecified atom stereocenters. The number of rotatable bonds is 7. The molecule has 19 heavy (non-hydrogen) atoms. The van der Waals surface area contributed by atoms with Crippen LogP contribution in [0.1, 0.15) is 6.42 Å². The third-order valence-corrected chi connectivity index (χ3v) is 3.83. The predicted octanol–water partition coefficient (Wildman–Crippen LogP) is 3.36. The number of fused-ring (bicyclic) bond motifs is 1. The van der Waals surface area contributed by atoms with E-state index in [9.17, 15) is 0 Å². The minimum atomic E-state index is 0.644. The molecule has 4 nitrogen and oxygen atoms in total. The van der Waals surface area contributed by atoms with Crippen LogP contribution >= 0.6 is 34.8 Å². The summed E-state index contributed by atoms with van der Waals surface area (Å²) < 4.78 is 14.5. The molecular formula is C13H17IN2O2S. The fourth-order valence-electron chi connectivity index (χ4n) is 1.93. The Kier molecular flexibility index (Phi) is 5.80. The van der Waals surface area contributed by atoms with Crippen LogP contribution in [-0.2, 0) is 16.0 Å². The zero-order chi connectivity index (χ0) is 13.7. The van der Waals surface area contributed by atoms with Crippen LogP contribution in [0.2, 0.25) is 0 Å². The summed E-state index contributed by atoms with van der Waals surface area (Å²) in [7, 11) is 1.68. The number of nitrogens with one attached hydrogen (secondary N) is 1. The Bertz CT molecular complexity index is 594. The number of hydrogen-bond donors (Lipinski definition) is 1. The quantitative estimate of drug-likeness (QED) is 0.446. The maximum atomic E-state index is 5.46. The Morgan fingerprint density at radius 2 is 2.16 bits per heavy atom. The molecule has 0 radical (unpaired) electrons. The average Bonchev–Trinajstić information content (AvgIpc) is 2.69. The molecule has 0 amide bonds. The van der Waals surface area contributed by atoms with Crippen molar-refractivity contribution in [3.05, 3.63) is 26.5 Å². The van der Waals surface area contributed by atoms with Gasteiger partial charge in [0, 0.05) is 23.8 Å². The van der Waals surface area contributed by atoms with Crippen molar-refractivity contribution in [2.75, 3.05) is 26.9 Å². The van der Waals surface area contributed by atoms with E-state index in [-0.39, 0.29) is 0 Å². The smallest absolute Gasteiger partial charge is 0.178 e. The van der Waals surface area contributed by atoms with Gasteiger partial charge in [0.15, 0.2) is 4.77 Å². The van der Waals surface area contributed by atoms with E-state index in [1.165, 1.54) is 3.57 Å². The van der Waals surface area contributed by atoms with Crippen molar-refractivity contribution in [1.82, 2.24) is 9.55 Å². The number of aromatic nitrogens is 2. The molecule has 0 aliphatic heterocycles. The Morgan fingerprint density at radius 3 is 2.95 bits per heavy atom. The van der Waals surface area contributed by atoms with Crippen LogP contribution in [0, 0.1) is 8.34 Å². The van der Waals surface area contributed by atoms with Crippen molar-refractivity contribution >= 4 is 45.8 Å². The summed E-state index contributed by atoms with van der Waals surface area (Å²) in [5.74, 6) is 0. The number of halogens is 1. The highest BCUT2D eigenvalue weighted by Gasteiger charge is 2.04. The third-order valence-electron chi connectivity index (χ3n) is 2.84. The fraction of sp³-hybridized carbons (Fsp3) is 0.462. The standard InChI is InChI=1S/C13H17IN2O2S/c1-17-7-8-18-6-2-5-16-12-4-3-10(14)9-11(12)15-13(16)19/h3-4,9H,2,5-8H2,1H3,(H,15,19). The van der Waals surface area contributed by atoms with Gasteiger partial charge in [0.25, 0.3) is 0 Å². The lowest BCUT2D eigenvalue weighted by molar-refractivity contribution is 0.0681. The van der Waals surface area contributed by atoms with Crippen molar-refractivity contribution in [2.24, 2.45) is 0 Å². The van der Waals surface area contributed by atoms with E-state index in [1.54, 1.807) is 7.11 Å². The molecule has 1 aromatic heterocycles. The molecule has 2 aromatic rings. The molecule has 0 aliphatic carbocycles. The molecule has 0 saturated carbocycles. The minimum Gasteiger partial charge on any atom is -0.382 e. The number of methoxy groups -OCH3 is 1. The van der Waals surface area contributed by atoms with Crippen molar-refractivity contribution < 1.29 is 9.47 Å². The Labute approximate surface area is 131 Å². The maximum absolute atomic E-state index is 5.46. The van der Waals surface area contributed by atoms with E-state index >= 15 is 0 Å². The first-order valence-corrected chi connectivity index (χ1v) is 7.66. The molecule has 1 aromatic carbocycles. The second kappa shape index (κ2) is 7.37. The number of aryl methyl sites for hydroxylation is 1. The van der Waals surface area contributed by atoms with Gasteiger partial charge in [-0.15, -0.1) is 0 Å². The third kappa shape index (κ3) is 4.01. The number of benzene rings is 1. The van der Waals surface area contributed by atoms with Crippen LogP contribution in [0.4, 0.5) is 0 Å². The molecule has 2 rings (SSSR count). The van der Waals surface area contributed by atoms with Crippen LogP contribution in [0.15, 0.2) is 18.2 Å². The van der Waals surface area contributed by atoms with Crippen LogP contribution < -0.4 is 0 Å². The van der Waals surface area contributed by atoms with Gasteiger partial charge >= 0.3 is 0 Å². The summed E-state index contributed by atoms with van der Waals surface area (Å²) in [4.78, 5) is 3.24. The van der Waals surface area contributed by atoms with Crippen LogP contribution in [0.5, 0.6) is 0 Å². The molecule has 0 fully saturated rings.